The van der Waals surface area contributed by atoms with Crippen LogP contribution in [0.4, 0.5) is 0 Å². The highest BCUT2D eigenvalue weighted by molar-refractivity contribution is 7.91. The molecule has 10 heteroatoms. The Morgan fingerprint density at radius 1 is 0.978 bits per heavy atom. The summed E-state index contributed by atoms with van der Waals surface area (Å²) in [4.78, 5) is 11.9. The number of fused-ring (bicyclic) bond motifs is 1. The SMILES string of the molecule is CCCC[C@]1(CC)CS(=O)(=O)c2cc(OC)c(OC)cc2[C@@H](c2ccccc2)N1.CCOC(=O)C(C)(C)Oc1ccc(Cl)cc1. The smallest absolute Gasteiger partial charge is 0.349 e. The van der Waals surface area contributed by atoms with Crippen molar-refractivity contribution in [2.24, 2.45) is 0 Å². The predicted molar refractivity (Wildman–Crippen MR) is 178 cm³/mol. The highest BCUT2D eigenvalue weighted by Crippen LogP contribution is 2.42. The van der Waals surface area contributed by atoms with Crippen LogP contribution in [0, 0.1) is 0 Å². The Morgan fingerprint density at radius 3 is 2.16 bits per heavy atom. The van der Waals surface area contributed by atoms with Crippen LogP contribution in [-0.4, -0.2) is 52.1 Å². The number of rotatable bonds is 11. The molecular formula is C35H46ClNO7S. The maximum atomic E-state index is 13.5. The predicted octanol–water partition coefficient (Wildman–Crippen LogP) is 7.57. The Balaban J connectivity index is 0.000000292. The summed E-state index contributed by atoms with van der Waals surface area (Å²) >= 11 is 5.75. The molecule has 45 heavy (non-hydrogen) atoms. The van der Waals surface area contributed by atoms with Crippen molar-refractivity contribution in [2.45, 2.75) is 82.4 Å². The zero-order valence-corrected chi connectivity index (χ0v) is 28.9. The van der Waals surface area contributed by atoms with Crippen molar-refractivity contribution >= 4 is 27.4 Å². The first kappa shape index (κ1) is 36.2. The zero-order valence-electron chi connectivity index (χ0n) is 27.3. The molecule has 0 spiro atoms. The zero-order chi connectivity index (χ0) is 33.3. The number of nitrogens with one attached hydrogen (secondary N) is 1. The summed E-state index contributed by atoms with van der Waals surface area (Å²) in [5.41, 5.74) is 0.256. The maximum Gasteiger partial charge on any atom is 0.349 e. The number of carbonyl (C=O) groups is 1. The van der Waals surface area contributed by atoms with Gasteiger partial charge in [0.1, 0.15) is 5.75 Å². The minimum Gasteiger partial charge on any atom is -0.493 e. The molecule has 1 heterocycles. The van der Waals surface area contributed by atoms with Gasteiger partial charge >= 0.3 is 5.97 Å². The second kappa shape index (κ2) is 15.8. The lowest BCUT2D eigenvalue weighted by Gasteiger charge is -2.36. The third kappa shape index (κ3) is 9.15. The molecule has 3 aromatic carbocycles. The minimum absolute atomic E-state index is 0.0717. The summed E-state index contributed by atoms with van der Waals surface area (Å²) in [6.45, 7) is 9.63. The highest BCUT2D eigenvalue weighted by Gasteiger charge is 2.42. The van der Waals surface area contributed by atoms with Gasteiger partial charge in [0.05, 0.1) is 37.5 Å². The summed E-state index contributed by atoms with van der Waals surface area (Å²) in [7, 11) is -0.432. The lowest BCUT2D eigenvalue weighted by molar-refractivity contribution is -0.158. The number of ether oxygens (including phenoxy) is 4. The van der Waals surface area contributed by atoms with Crippen LogP contribution < -0.4 is 19.5 Å². The van der Waals surface area contributed by atoms with Gasteiger partial charge in [-0.15, -0.1) is 0 Å². The Morgan fingerprint density at radius 2 is 1.60 bits per heavy atom. The summed E-state index contributed by atoms with van der Waals surface area (Å²) < 4.78 is 48.4. The fraction of sp³-hybridized carbons (Fsp3) is 0.457. The van der Waals surface area contributed by atoms with E-state index >= 15 is 0 Å². The molecule has 0 saturated carbocycles. The highest BCUT2D eigenvalue weighted by atomic mass is 35.5. The topological polar surface area (TPSA) is 100 Å². The average Bonchev–Trinajstić information content (AvgIpc) is 3.12. The van der Waals surface area contributed by atoms with Gasteiger partial charge in [-0.1, -0.05) is 68.6 Å². The van der Waals surface area contributed by atoms with Crippen molar-refractivity contribution in [3.63, 3.8) is 0 Å². The van der Waals surface area contributed by atoms with E-state index in [2.05, 4.69) is 19.2 Å². The van der Waals surface area contributed by atoms with E-state index in [0.717, 1.165) is 31.2 Å². The molecule has 0 unspecified atom stereocenters. The summed E-state index contributed by atoms with van der Waals surface area (Å²) in [5, 5.41) is 4.38. The van der Waals surface area contributed by atoms with Crippen LogP contribution in [0.3, 0.4) is 0 Å². The third-order valence-electron chi connectivity index (χ3n) is 7.85. The fourth-order valence-electron chi connectivity index (χ4n) is 5.33. The second-order valence-corrected chi connectivity index (χ2v) is 13.9. The van der Waals surface area contributed by atoms with E-state index in [1.807, 2.05) is 36.4 Å². The fourth-order valence-corrected chi connectivity index (χ4v) is 7.59. The van der Waals surface area contributed by atoms with Gasteiger partial charge < -0.3 is 18.9 Å². The molecule has 4 rings (SSSR count). The first-order chi connectivity index (χ1) is 21.3. The standard InChI is InChI=1S/C23H31NO4S.C12H15ClO3/c1-5-7-13-23(6-2)16-29(25,26)21-15-20(28-4)19(27-3)14-18(21)22(24-23)17-11-9-8-10-12-17;1-4-15-11(14)12(2,3)16-10-7-5-9(13)6-8-10/h8-12,14-15,22,24H,5-7,13,16H2,1-4H3;5-8H,4H2,1-3H3/t22-,23-;/m1./s1. The molecule has 1 aliphatic heterocycles. The van der Waals surface area contributed by atoms with E-state index in [-0.39, 0.29) is 17.8 Å². The van der Waals surface area contributed by atoms with Crippen LogP contribution in [0.1, 0.15) is 77.5 Å². The maximum absolute atomic E-state index is 13.5. The first-order valence-corrected chi connectivity index (χ1v) is 17.3. The molecule has 1 aliphatic rings. The van der Waals surface area contributed by atoms with Gasteiger partial charge in [0.15, 0.2) is 26.9 Å². The van der Waals surface area contributed by atoms with Crippen LogP contribution >= 0.6 is 11.6 Å². The average molecular weight is 660 g/mol. The third-order valence-corrected chi connectivity index (χ3v) is 10.1. The van der Waals surface area contributed by atoms with E-state index in [1.54, 1.807) is 58.2 Å². The Kier molecular flexibility index (Phi) is 12.7. The van der Waals surface area contributed by atoms with Crippen molar-refractivity contribution in [1.29, 1.82) is 0 Å². The monoisotopic (exact) mass is 659 g/mol. The van der Waals surface area contributed by atoms with Crippen molar-refractivity contribution in [3.05, 3.63) is 82.9 Å². The molecule has 8 nitrogen and oxygen atoms in total. The lowest BCUT2D eigenvalue weighted by Crippen LogP contribution is -2.50. The van der Waals surface area contributed by atoms with E-state index in [1.165, 1.54) is 7.11 Å². The Bertz CT molecular complexity index is 1510. The molecule has 0 amide bonds. The number of benzene rings is 3. The van der Waals surface area contributed by atoms with Crippen molar-refractivity contribution < 1.29 is 32.2 Å². The molecule has 3 aromatic rings. The van der Waals surface area contributed by atoms with Crippen LogP contribution in [0.25, 0.3) is 0 Å². The molecule has 0 fully saturated rings. The molecule has 246 valence electrons. The van der Waals surface area contributed by atoms with E-state index < -0.39 is 21.0 Å². The molecule has 0 saturated heterocycles. The quantitative estimate of drug-likeness (QED) is 0.211. The molecule has 2 atom stereocenters. The van der Waals surface area contributed by atoms with Crippen molar-refractivity contribution in [1.82, 2.24) is 5.32 Å². The number of methoxy groups -OCH3 is 2. The molecular weight excluding hydrogens is 614 g/mol. The molecule has 1 N–H and O–H groups in total. The van der Waals surface area contributed by atoms with Gasteiger partial charge in [-0.3, -0.25) is 5.32 Å². The van der Waals surface area contributed by atoms with E-state index in [9.17, 15) is 13.2 Å². The normalized spacial score (nSPS) is 18.8. The van der Waals surface area contributed by atoms with Crippen LogP contribution in [0.5, 0.6) is 17.2 Å². The van der Waals surface area contributed by atoms with Gasteiger partial charge in [0, 0.05) is 16.6 Å². The van der Waals surface area contributed by atoms with Crippen LogP contribution in [-0.2, 0) is 19.4 Å². The largest absolute Gasteiger partial charge is 0.493 e. The summed E-state index contributed by atoms with van der Waals surface area (Å²) in [6, 6.07) is 20.0. The minimum atomic E-state index is -3.53. The molecule has 0 radical (unpaired) electrons. The van der Waals surface area contributed by atoms with Crippen molar-refractivity contribution in [3.8, 4) is 17.2 Å². The van der Waals surface area contributed by atoms with E-state index in [4.69, 9.17) is 30.5 Å². The van der Waals surface area contributed by atoms with Crippen LogP contribution in [0.15, 0.2) is 71.6 Å². The number of halogens is 1. The van der Waals surface area contributed by atoms with Gasteiger partial charge in [-0.25, -0.2) is 13.2 Å². The molecule has 0 aromatic heterocycles. The molecule has 0 bridgehead atoms. The van der Waals surface area contributed by atoms with Crippen LogP contribution in [0.2, 0.25) is 5.02 Å². The second-order valence-electron chi connectivity index (χ2n) is 11.5. The number of sulfone groups is 1. The first-order valence-electron chi connectivity index (χ1n) is 15.3. The van der Waals surface area contributed by atoms with E-state index in [0.29, 0.717) is 39.3 Å². The number of esters is 1. The van der Waals surface area contributed by atoms with Gasteiger partial charge in [0.2, 0.25) is 0 Å². The number of unbranched alkanes of at least 4 members (excludes halogenated alkanes) is 1. The van der Waals surface area contributed by atoms with Gasteiger partial charge in [-0.05, 0) is 75.1 Å². The number of hydrogen-bond acceptors (Lipinski definition) is 8. The Labute approximate surface area is 273 Å². The lowest BCUT2D eigenvalue weighted by atomic mass is 9.88. The van der Waals surface area contributed by atoms with Gasteiger partial charge in [0.25, 0.3) is 0 Å². The number of hydrogen-bond donors (Lipinski definition) is 1. The summed E-state index contributed by atoms with van der Waals surface area (Å²) in [5.74, 6) is 1.23. The summed E-state index contributed by atoms with van der Waals surface area (Å²) in [6.07, 6.45) is 3.54. The van der Waals surface area contributed by atoms with Gasteiger partial charge in [-0.2, -0.15) is 0 Å². The van der Waals surface area contributed by atoms with Crippen molar-refractivity contribution in [2.75, 3.05) is 26.6 Å². The number of carbonyl (C=O) groups excluding carboxylic acids is 1. The Hall–Kier alpha value is -3.27. The molecule has 0 aliphatic carbocycles.